The van der Waals surface area contributed by atoms with E-state index in [-0.39, 0.29) is 12.1 Å². The highest BCUT2D eigenvalue weighted by Crippen LogP contribution is 2.43. The van der Waals surface area contributed by atoms with Crippen LogP contribution in [0.15, 0.2) is 12.1 Å². The molecule has 0 spiro atoms. The number of benzene rings is 1. The molecule has 0 saturated heterocycles. The Bertz CT molecular complexity index is 419. The molecule has 4 N–H and O–H groups in total. The summed E-state index contributed by atoms with van der Waals surface area (Å²) >= 11 is 0. The van der Waals surface area contributed by atoms with Crippen molar-refractivity contribution in [2.45, 2.75) is 24.9 Å². The summed E-state index contributed by atoms with van der Waals surface area (Å²) in [4.78, 5) is 0. The zero-order valence-corrected chi connectivity index (χ0v) is 11.7. The Morgan fingerprint density at radius 1 is 1.05 bits per heavy atom. The Kier molecular flexibility index (Phi) is 4.17. The molecule has 0 bridgehead atoms. The number of ether oxygens (including phenoxy) is 3. The van der Waals surface area contributed by atoms with Crippen LogP contribution in [0.2, 0.25) is 0 Å². The molecule has 1 aromatic rings. The van der Waals surface area contributed by atoms with Gasteiger partial charge >= 0.3 is 0 Å². The number of methoxy groups -OCH3 is 3. The van der Waals surface area contributed by atoms with Crippen LogP contribution in [-0.2, 0) is 0 Å². The highest BCUT2D eigenvalue weighted by Gasteiger charge is 2.32. The summed E-state index contributed by atoms with van der Waals surface area (Å²) in [5.74, 6) is 2.29. The minimum absolute atomic E-state index is 0.0477. The van der Waals surface area contributed by atoms with Crippen molar-refractivity contribution < 1.29 is 14.2 Å². The van der Waals surface area contributed by atoms with Gasteiger partial charge in [-0.1, -0.05) is 0 Å². The van der Waals surface area contributed by atoms with Gasteiger partial charge in [-0.15, -0.1) is 0 Å². The van der Waals surface area contributed by atoms with Gasteiger partial charge in [-0.05, 0) is 36.5 Å². The predicted octanol–water partition coefficient (Wildman–Crippen LogP) is 1.45. The van der Waals surface area contributed by atoms with Gasteiger partial charge in [-0.25, -0.2) is 0 Å². The van der Waals surface area contributed by atoms with E-state index in [0.717, 1.165) is 18.4 Å². The molecular weight excluding hydrogens is 244 g/mol. The van der Waals surface area contributed by atoms with Crippen LogP contribution in [0.3, 0.4) is 0 Å². The van der Waals surface area contributed by atoms with E-state index >= 15 is 0 Å². The summed E-state index contributed by atoms with van der Waals surface area (Å²) in [5.41, 5.74) is 13.1. The minimum Gasteiger partial charge on any atom is -0.493 e. The SMILES string of the molecule is COc1cc(C(N)C2CC(N)C2)cc(OC)c1OC. The maximum atomic E-state index is 6.29. The fourth-order valence-corrected chi connectivity index (χ4v) is 2.57. The van der Waals surface area contributed by atoms with Gasteiger partial charge in [0.15, 0.2) is 11.5 Å². The van der Waals surface area contributed by atoms with E-state index in [1.165, 1.54) is 0 Å². The first-order chi connectivity index (χ1) is 9.10. The fraction of sp³-hybridized carbons (Fsp3) is 0.571. The van der Waals surface area contributed by atoms with Crippen LogP contribution in [-0.4, -0.2) is 27.4 Å². The summed E-state index contributed by atoms with van der Waals surface area (Å²) < 4.78 is 16.0. The molecule has 1 aliphatic rings. The zero-order valence-electron chi connectivity index (χ0n) is 11.7. The molecular formula is C14H22N2O3. The molecule has 5 nitrogen and oxygen atoms in total. The van der Waals surface area contributed by atoms with E-state index in [0.29, 0.717) is 23.2 Å². The summed E-state index contributed by atoms with van der Waals surface area (Å²) in [6.07, 6.45) is 1.94. The van der Waals surface area contributed by atoms with E-state index in [4.69, 9.17) is 25.7 Å². The van der Waals surface area contributed by atoms with Gasteiger partial charge in [-0.3, -0.25) is 0 Å². The average Bonchev–Trinajstić information content (AvgIpc) is 2.41. The number of rotatable bonds is 5. The Balaban J connectivity index is 2.30. The van der Waals surface area contributed by atoms with Crippen molar-refractivity contribution in [3.8, 4) is 17.2 Å². The highest BCUT2D eigenvalue weighted by molar-refractivity contribution is 5.54. The lowest BCUT2D eigenvalue weighted by Gasteiger charge is -2.37. The molecule has 0 aliphatic heterocycles. The van der Waals surface area contributed by atoms with Gasteiger partial charge in [0.2, 0.25) is 5.75 Å². The molecule has 19 heavy (non-hydrogen) atoms. The lowest BCUT2D eigenvalue weighted by Crippen LogP contribution is -2.41. The van der Waals surface area contributed by atoms with Gasteiger partial charge < -0.3 is 25.7 Å². The molecule has 1 aliphatic carbocycles. The summed E-state index contributed by atoms with van der Waals surface area (Å²) in [6, 6.07) is 4.07. The molecule has 1 atom stereocenters. The first-order valence-electron chi connectivity index (χ1n) is 6.41. The molecule has 1 unspecified atom stereocenters. The standard InChI is InChI=1S/C14H22N2O3/c1-17-11-6-9(7-12(18-2)14(11)19-3)13(16)8-4-10(15)5-8/h6-8,10,13H,4-5,15-16H2,1-3H3. The van der Waals surface area contributed by atoms with E-state index < -0.39 is 0 Å². The van der Waals surface area contributed by atoms with Crippen molar-refractivity contribution in [2.75, 3.05) is 21.3 Å². The van der Waals surface area contributed by atoms with Crippen LogP contribution in [0.4, 0.5) is 0 Å². The van der Waals surface area contributed by atoms with Crippen LogP contribution in [0.1, 0.15) is 24.4 Å². The van der Waals surface area contributed by atoms with Crippen LogP contribution in [0.5, 0.6) is 17.2 Å². The Labute approximate surface area is 113 Å². The number of nitrogens with two attached hydrogens (primary N) is 2. The molecule has 1 fully saturated rings. The summed E-state index contributed by atoms with van der Waals surface area (Å²) in [7, 11) is 4.79. The molecule has 0 amide bonds. The molecule has 5 heteroatoms. The van der Waals surface area contributed by atoms with Crippen molar-refractivity contribution in [3.63, 3.8) is 0 Å². The lowest BCUT2D eigenvalue weighted by molar-refractivity contribution is 0.223. The van der Waals surface area contributed by atoms with Crippen LogP contribution >= 0.6 is 0 Å². The quantitative estimate of drug-likeness (QED) is 0.843. The number of hydrogen-bond donors (Lipinski definition) is 2. The second-order valence-corrected chi connectivity index (χ2v) is 4.98. The maximum absolute atomic E-state index is 6.29. The van der Waals surface area contributed by atoms with Crippen molar-refractivity contribution >= 4 is 0 Å². The second kappa shape index (κ2) is 5.67. The summed E-state index contributed by atoms with van der Waals surface area (Å²) in [5, 5.41) is 0. The molecule has 0 aromatic heterocycles. The van der Waals surface area contributed by atoms with Crippen LogP contribution in [0.25, 0.3) is 0 Å². The maximum Gasteiger partial charge on any atom is 0.203 e. The van der Waals surface area contributed by atoms with Gasteiger partial charge in [0.25, 0.3) is 0 Å². The Hall–Kier alpha value is -1.46. The lowest BCUT2D eigenvalue weighted by atomic mass is 9.74. The highest BCUT2D eigenvalue weighted by atomic mass is 16.5. The first kappa shape index (κ1) is 14.0. The van der Waals surface area contributed by atoms with Crippen molar-refractivity contribution in [3.05, 3.63) is 17.7 Å². The predicted molar refractivity (Wildman–Crippen MR) is 73.7 cm³/mol. The van der Waals surface area contributed by atoms with E-state index in [9.17, 15) is 0 Å². The van der Waals surface area contributed by atoms with Crippen molar-refractivity contribution in [1.82, 2.24) is 0 Å². The van der Waals surface area contributed by atoms with Gasteiger partial charge in [0.05, 0.1) is 21.3 Å². The fourth-order valence-electron chi connectivity index (χ4n) is 2.57. The van der Waals surface area contributed by atoms with Crippen molar-refractivity contribution in [1.29, 1.82) is 0 Å². The molecule has 1 saturated carbocycles. The minimum atomic E-state index is -0.0477. The van der Waals surface area contributed by atoms with Gasteiger partial charge in [0, 0.05) is 12.1 Å². The van der Waals surface area contributed by atoms with Crippen LogP contribution < -0.4 is 25.7 Å². The Morgan fingerprint density at radius 3 is 1.95 bits per heavy atom. The second-order valence-electron chi connectivity index (χ2n) is 4.98. The van der Waals surface area contributed by atoms with Gasteiger partial charge in [-0.2, -0.15) is 0 Å². The summed E-state index contributed by atoms with van der Waals surface area (Å²) in [6.45, 7) is 0. The third-order valence-corrected chi connectivity index (χ3v) is 3.79. The van der Waals surface area contributed by atoms with E-state index in [2.05, 4.69) is 0 Å². The molecule has 0 radical (unpaired) electrons. The van der Waals surface area contributed by atoms with Gasteiger partial charge in [0.1, 0.15) is 0 Å². The third-order valence-electron chi connectivity index (χ3n) is 3.79. The average molecular weight is 266 g/mol. The number of hydrogen-bond acceptors (Lipinski definition) is 5. The molecule has 2 rings (SSSR count). The third kappa shape index (κ3) is 2.62. The topological polar surface area (TPSA) is 79.7 Å². The zero-order chi connectivity index (χ0) is 14.0. The largest absolute Gasteiger partial charge is 0.493 e. The first-order valence-corrected chi connectivity index (χ1v) is 6.41. The molecule has 106 valence electrons. The van der Waals surface area contributed by atoms with Crippen LogP contribution in [0, 0.1) is 5.92 Å². The van der Waals surface area contributed by atoms with Crippen molar-refractivity contribution in [2.24, 2.45) is 17.4 Å². The van der Waals surface area contributed by atoms with E-state index in [1.54, 1.807) is 21.3 Å². The normalized spacial score (nSPS) is 23.4. The molecule has 0 heterocycles. The Morgan fingerprint density at radius 2 is 1.58 bits per heavy atom. The van der Waals surface area contributed by atoms with E-state index in [1.807, 2.05) is 12.1 Å². The monoisotopic (exact) mass is 266 g/mol. The molecule has 1 aromatic carbocycles. The smallest absolute Gasteiger partial charge is 0.203 e.